The van der Waals surface area contributed by atoms with Gasteiger partial charge in [0.1, 0.15) is 0 Å². The molecular formula is C11H13Cl2NO2S. The van der Waals surface area contributed by atoms with E-state index in [9.17, 15) is 8.42 Å². The number of nitrogens with zero attached hydrogens (tertiary/aromatic N) is 1. The monoisotopic (exact) mass is 293 g/mol. The lowest BCUT2D eigenvalue weighted by Gasteiger charge is -2.21. The van der Waals surface area contributed by atoms with Crippen LogP contribution in [0.3, 0.4) is 0 Å². The van der Waals surface area contributed by atoms with Crippen molar-refractivity contribution >= 4 is 37.0 Å². The summed E-state index contributed by atoms with van der Waals surface area (Å²) in [7, 11) is 1.72. The highest BCUT2D eigenvalue weighted by Crippen LogP contribution is 2.32. The smallest absolute Gasteiger partial charge is 0.236 e. The summed E-state index contributed by atoms with van der Waals surface area (Å²) in [6.07, 6.45) is 2.25. The van der Waals surface area contributed by atoms with E-state index in [4.69, 9.17) is 22.3 Å². The van der Waals surface area contributed by atoms with E-state index in [1.807, 2.05) is 12.1 Å². The van der Waals surface area contributed by atoms with E-state index in [1.54, 1.807) is 6.07 Å². The Hall–Kier alpha value is -0.450. The molecule has 0 radical (unpaired) electrons. The van der Waals surface area contributed by atoms with Crippen molar-refractivity contribution in [1.82, 2.24) is 0 Å². The molecule has 1 heterocycles. The summed E-state index contributed by atoms with van der Waals surface area (Å²) in [6, 6.07) is 5.42. The summed E-state index contributed by atoms with van der Waals surface area (Å²) in [5.41, 5.74) is 1.49. The van der Waals surface area contributed by atoms with Gasteiger partial charge in [0.25, 0.3) is 0 Å². The highest BCUT2D eigenvalue weighted by Gasteiger charge is 2.20. The molecule has 94 valence electrons. The molecule has 3 nitrogen and oxygen atoms in total. The van der Waals surface area contributed by atoms with Crippen LogP contribution in [0.25, 0.3) is 0 Å². The van der Waals surface area contributed by atoms with Gasteiger partial charge in [0, 0.05) is 40.0 Å². The van der Waals surface area contributed by atoms with Crippen LogP contribution in [0.1, 0.15) is 18.4 Å². The fourth-order valence-electron chi connectivity index (χ4n) is 2.12. The molecule has 0 atom stereocenters. The van der Waals surface area contributed by atoms with E-state index in [-0.39, 0.29) is 5.75 Å². The molecule has 1 aromatic carbocycles. The minimum atomic E-state index is -3.59. The number of anilines is 1. The molecule has 0 saturated carbocycles. The molecule has 0 aromatic heterocycles. The van der Waals surface area contributed by atoms with Crippen LogP contribution in [0.2, 0.25) is 5.02 Å². The summed E-state index contributed by atoms with van der Waals surface area (Å²) in [6.45, 7) is 1.88. The van der Waals surface area contributed by atoms with Gasteiger partial charge in [0.05, 0.1) is 5.75 Å². The average molecular weight is 294 g/mol. The van der Waals surface area contributed by atoms with Gasteiger partial charge in [0.2, 0.25) is 9.05 Å². The van der Waals surface area contributed by atoms with Crippen molar-refractivity contribution in [3.63, 3.8) is 0 Å². The van der Waals surface area contributed by atoms with E-state index in [0.29, 0.717) is 10.6 Å². The largest absolute Gasteiger partial charge is 0.371 e. The summed E-state index contributed by atoms with van der Waals surface area (Å²) in [5.74, 6) is -0.222. The quantitative estimate of drug-likeness (QED) is 0.804. The van der Waals surface area contributed by atoms with Crippen LogP contribution in [-0.2, 0) is 14.8 Å². The summed E-state index contributed by atoms with van der Waals surface area (Å²) < 4.78 is 22.4. The second kappa shape index (κ2) is 5.04. The predicted molar refractivity (Wildman–Crippen MR) is 71.4 cm³/mol. The lowest BCUT2D eigenvalue weighted by Crippen LogP contribution is -2.19. The van der Waals surface area contributed by atoms with E-state index < -0.39 is 9.05 Å². The number of rotatable bonds is 3. The maximum absolute atomic E-state index is 11.2. The maximum Gasteiger partial charge on any atom is 0.236 e. The van der Waals surface area contributed by atoms with Gasteiger partial charge in [-0.05, 0) is 25.0 Å². The van der Waals surface area contributed by atoms with Gasteiger partial charge in [-0.25, -0.2) is 8.42 Å². The topological polar surface area (TPSA) is 37.4 Å². The van der Waals surface area contributed by atoms with E-state index in [1.165, 1.54) is 0 Å². The van der Waals surface area contributed by atoms with Gasteiger partial charge >= 0.3 is 0 Å². The first kappa shape index (κ1) is 13.0. The molecule has 1 aliphatic rings. The van der Waals surface area contributed by atoms with Gasteiger partial charge in [-0.2, -0.15) is 0 Å². The van der Waals surface area contributed by atoms with Crippen molar-refractivity contribution in [1.29, 1.82) is 0 Å². The SMILES string of the molecule is O=S(=O)(Cl)Cc1c(Cl)cccc1N1CCCC1. The van der Waals surface area contributed by atoms with Crippen LogP contribution in [0.15, 0.2) is 18.2 Å². The molecule has 0 aliphatic carbocycles. The number of halogens is 2. The molecule has 0 spiro atoms. The molecule has 2 rings (SSSR count). The zero-order valence-corrected chi connectivity index (χ0v) is 11.5. The summed E-state index contributed by atoms with van der Waals surface area (Å²) in [5, 5.41) is 0.457. The minimum absolute atomic E-state index is 0.222. The molecule has 0 unspecified atom stereocenters. The predicted octanol–water partition coefficient (Wildman–Crippen LogP) is 3.01. The van der Waals surface area contributed by atoms with Crippen LogP contribution < -0.4 is 4.90 Å². The van der Waals surface area contributed by atoms with Gasteiger partial charge in [-0.1, -0.05) is 17.7 Å². The van der Waals surface area contributed by atoms with Crippen molar-refractivity contribution in [2.45, 2.75) is 18.6 Å². The van der Waals surface area contributed by atoms with Crippen LogP contribution in [0.5, 0.6) is 0 Å². The Morgan fingerprint density at radius 3 is 2.47 bits per heavy atom. The second-order valence-electron chi connectivity index (χ2n) is 4.11. The Balaban J connectivity index is 2.40. The van der Waals surface area contributed by atoms with E-state index in [0.717, 1.165) is 31.6 Å². The van der Waals surface area contributed by atoms with Crippen molar-refractivity contribution in [2.75, 3.05) is 18.0 Å². The lowest BCUT2D eigenvalue weighted by molar-refractivity contribution is 0.609. The van der Waals surface area contributed by atoms with Crippen LogP contribution in [-0.4, -0.2) is 21.5 Å². The molecule has 1 saturated heterocycles. The van der Waals surface area contributed by atoms with Crippen LogP contribution in [0.4, 0.5) is 5.69 Å². The van der Waals surface area contributed by atoms with Crippen molar-refractivity contribution in [2.24, 2.45) is 0 Å². The third-order valence-corrected chi connectivity index (χ3v) is 4.17. The Kier molecular flexibility index (Phi) is 3.85. The molecule has 1 aliphatic heterocycles. The van der Waals surface area contributed by atoms with Crippen LogP contribution >= 0.6 is 22.3 Å². The van der Waals surface area contributed by atoms with Gasteiger partial charge in [-0.15, -0.1) is 0 Å². The summed E-state index contributed by atoms with van der Waals surface area (Å²) in [4.78, 5) is 2.16. The normalized spacial score (nSPS) is 16.5. The molecule has 1 fully saturated rings. The molecule has 17 heavy (non-hydrogen) atoms. The molecule has 0 N–H and O–H groups in total. The molecule has 0 amide bonds. The van der Waals surface area contributed by atoms with E-state index >= 15 is 0 Å². The highest BCUT2D eigenvalue weighted by atomic mass is 35.7. The first-order valence-corrected chi connectivity index (χ1v) is 8.28. The second-order valence-corrected chi connectivity index (χ2v) is 7.30. The van der Waals surface area contributed by atoms with Crippen molar-refractivity contribution in [3.05, 3.63) is 28.8 Å². The van der Waals surface area contributed by atoms with Gasteiger partial charge in [-0.3, -0.25) is 0 Å². The standard InChI is InChI=1S/C11H13Cl2NO2S/c12-10-4-3-5-11(14-6-1-2-7-14)9(10)8-17(13,15)16/h3-5H,1-2,6-8H2. The van der Waals surface area contributed by atoms with Crippen molar-refractivity contribution < 1.29 is 8.42 Å². The zero-order chi connectivity index (χ0) is 12.5. The highest BCUT2D eigenvalue weighted by molar-refractivity contribution is 8.13. The first-order valence-electron chi connectivity index (χ1n) is 5.42. The molecule has 1 aromatic rings. The Labute approximate surface area is 111 Å². The Morgan fingerprint density at radius 1 is 1.24 bits per heavy atom. The lowest BCUT2D eigenvalue weighted by atomic mass is 10.2. The number of benzene rings is 1. The third kappa shape index (κ3) is 3.27. The summed E-state index contributed by atoms with van der Waals surface area (Å²) >= 11 is 6.06. The maximum atomic E-state index is 11.2. The minimum Gasteiger partial charge on any atom is -0.371 e. The number of hydrogen-bond donors (Lipinski definition) is 0. The van der Waals surface area contributed by atoms with Gasteiger partial charge < -0.3 is 4.90 Å². The fourth-order valence-corrected chi connectivity index (χ4v) is 3.41. The average Bonchev–Trinajstić information content (AvgIpc) is 2.72. The van der Waals surface area contributed by atoms with Crippen molar-refractivity contribution in [3.8, 4) is 0 Å². The zero-order valence-electron chi connectivity index (χ0n) is 9.20. The van der Waals surface area contributed by atoms with Gasteiger partial charge in [0.15, 0.2) is 0 Å². The third-order valence-electron chi connectivity index (χ3n) is 2.86. The Bertz CT molecular complexity index is 510. The number of hydrogen-bond acceptors (Lipinski definition) is 3. The Morgan fingerprint density at radius 2 is 1.88 bits per heavy atom. The molecule has 0 bridgehead atoms. The van der Waals surface area contributed by atoms with E-state index in [2.05, 4.69) is 4.90 Å². The fraction of sp³-hybridized carbons (Fsp3) is 0.455. The first-order chi connectivity index (χ1) is 7.97. The molecular weight excluding hydrogens is 281 g/mol. The van der Waals surface area contributed by atoms with Crippen LogP contribution in [0, 0.1) is 0 Å². The molecule has 6 heteroatoms.